The van der Waals surface area contributed by atoms with Gasteiger partial charge < -0.3 is 15.8 Å². The molecule has 0 unspecified atom stereocenters. The number of carbonyl (C=O) groups excluding carboxylic acids is 2. The van der Waals surface area contributed by atoms with Gasteiger partial charge in [-0.1, -0.05) is 12.1 Å². The summed E-state index contributed by atoms with van der Waals surface area (Å²) in [4.78, 5) is 23.7. The lowest BCUT2D eigenvalue weighted by Crippen LogP contribution is -2.18. The van der Waals surface area contributed by atoms with Crippen LogP contribution in [0.2, 0.25) is 0 Å². The molecular weight excluding hydrogens is 336 g/mol. The smallest absolute Gasteiger partial charge is 0.256 e. The molecule has 2 amide bonds. The third-order valence-electron chi connectivity index (χ3n) is 2.86. The number of ether oxygens (including phenoxy) is 1. The maximum Gasteiger partial charge on any atom is 0.256 e. The molecular formula is C15H13BrN2O3. The SMILES string of the molecule is COc1ccc(Br)c(C(=O)Nc2ccccc2C(N)=O)c1. The summed E-state index contributed by atoms with van der Waals surface area (Å²) in [5.74, 6) is -0.406. The topological polar surface area (TPSA) is 81.4 Å². The predicted molar refractivity (Wildman–Crippen MR) is 83.6 cm³/mol. The van der Waals surface area contributed by atoms with Gasteiger partial charge in [-0.15, -0.1) is 0 Å². The van der Waals surface area contributed by atoms with Crippen LogP contribution in [0.15, 0.2) is 46.9 Å². The number of methoxy groups -OCH3 is 1. The summed E-state index contributed by atoms with van der Waals surface area (Å²) in [5.41, 5.74) is 6.30. The zero-order valence-electron chi connectivity index (χ0n) is 11.2. The number of amides is 2. The maximum atomic E-state index is 12.3. The number of primary amides is 1. The summed E-state index contributed by atoms with van der Waals surface area (Å²) in [7, 11) is 1.52. The first kappa shape index (κ1) is 15.1. The number of nitrogens with two attached hydrogens (primary N) is 1. The second-order valence-corrected chi connectivity index (χ2v) is 5.06. The number of benzene rings is 2. The quantitative estimate of drug-likeness (QED) is 0.891. The minimum absolute atomic E-state index is 0.255. The van der Waals surface area contributed by atoms with Gasteiger partial charge in [0.2, 0.25) is 0 Å². The molecule has 0 heterocycles. The molecule has 5 nitrogen and oxygen atoms in total. The molecule has 2 aromatic rings. The fourth-order valence-electron chi connectivity index (χ4n) is 1.80. The van der Waals surface area contributed by atoms with E-state index in [1.807, 2.05) is 0 Å². The lowest BCUT2D eigenvalue weighted by Gasteiger charge is -2.10. The van der Waals surface area contributed by atoms with Gasteiger partial charge in [0, 0.05) is 4.47 Å². The Kier molecular flexibility index (Phi) is 4.59. The van der Waals surface area contributed by atoms with Gasteiger partial charge in [0.1, 0.15) is 5.75 Å². The van der Waals surface area contributed by atoms with Crippen molar-refractivity contribution in [2.45, 2.75) is 0 Å². The third-order valence-corrected chi connectivity index (χ3v) is 3.55. The Hall–Kier alpha value is -2.34. The number of nitrogens with one attached hydrogen (secondary N) is 1. The van der Waals surface area contributed by atoms with Crippen molar-refractivity contribution in [2.24, 2.45) is 5.73 Å². The molecule has 0 aliphatic carbocycles. The van der Waals surface area contributed by atoms with Crippen molar-refractivity contribution < 1.29 is 14.3 Å². The van der Waals surface area contributed by atoms with Crippen LogP contribution in [-0.2, 0) is 0 Å². The number of para-hydroxylation sites is 1. The highest BCUT2D eigenvalue weighted by atomic mass is 79.9. The number of halogens is 1. The first-order valence-corrected chi connectivity index (χ1v) is 6.86. The molecule has 3 N–H and O–H groups in total. The molecule has 0 fully saturated rings. The van der Waals surface area contributed by atoms with Crippen molar-refractivity contribution in [2.75, 3.05) is 12.4 Å². The van der Waals surface area contributed by atoms with E-state index in [9.17, 15) is 9.59 Å². The van der Waals surface area contributed by atoms with Gasteiger partial charge in [-0.3, -0.25) is 9.59 Å². The molecule has 0 radical (unpaired) electrons. The van der Waals surface area contributed by atoms with Crippen molar-refractivity contribution in [3.63, 3.8) is 0 Å². The maximum absolute atomic E-state index is 12.3. The highest BCUT2D eigenvalue weighted by Crippen LogP contribution is 2.24. The lowest BCUT2D eigenvalue weighted by molar-refractivity contribution is 0.100. The van der Waals surface area contributed by atoms with Gasteiger partial charge in [0.05, 0.1) is 23.9 Å². The summed E-state index contributed by atoms with van der Waals surface area (Å²) in [6.45, 7) is 0. The molecule has 2 aromatic carbocycles. The molecule has 0 aliphatic heterocycles. The van der Waals surface area contributed by atoms with Gasteiger partial charge in [0.25, 0.3) is 11.8 Å². The first-order valence-electron chi connectivity index (χ1n) is 6.06. The molecule has 0 aliphatic rings. The van der Waals surface area contributed by atoms with Crippen LogP contribution < -0.4 is 15.8 Å². The van der Waals surface area contributed by atoms with Gasteiger partial charge in [-0.05, 0) is 46.3 Å². The molecule has 6 heteroatoms. The monoisotopic (exact) mass is 348 g/mol. The standard InChI is InChI=1S/C15H13BrN2O3/c1-21-9-6-7-12(16)11(8-9)15(20)18-13-5-3-2-4-10(13)14(17)19/h2-8H,1H3,(H2,17,19)(H,18,20). The van der Waals surface area contributed by atoms with Gasteiger partial charge in [-0.2, -0.15) is 0 Å². The van der Waals surface area contributed by atoms with Gasteiger partial charge in [-0.25, -0.2) is 0 Å². The summed E-state index contributed by atoms with van der Waals surface area (Å²) < 4.78 is 5.72. The normalized spacial score (nSPS) is 10.0. The molecule has 21 heavy (non-hydrogen) atoms. The van der Waals surface area contributed by atoms with E-state index in [2.05, 4.69) is 21.2 Å². The van der Waals surface area contributed by atoms with Gasteiger partial charge >= 0.3 is 0 Å². The van der Waals surface area contributed by atoms with E-state index in [1.165, 1.54) is 7.11 Å². The number of rotatable bonds is 4. The number of hydrogen-bond donors (Lipinski definition) is 2. The summed E-state index contributed by atoms with van der Waals surface area (Å²) in [6.07, 6.45) is 0. The minimum Gasteiger partial charge on any atom is -0.497 e. The van der Waals surface area contributed by atoms with Crippen LogP contribution in [-0.4, -0.2) is 18.9 Å². The molecule has 0 aromatic heterocycles. The Labute approximate surface area is 130 Å². The van der Waals surface area contributed by atoms with E-state index in [1.54, 1.807) is 42.5 Å². The Morgan fingerprint density at radius 3 is 2.52 bits per heavy atom. The van der Waals surface area contributed by atoms with Crippen LogP contribution >= 0.6 is 15.9 Å². The molecule has 2 rings (SSSR count). The number of hydrogen-bond acceptors (Lipinski definition) is 3. The Morgan fingerprint density at radius 1 is 1.14 bits per heavy atom. The van der Waals surface area contributed by atoms with Crippen LogP contribution in [0, 0.1) is 0 Å². The largest absolute Gasteiger partial charge is 0.497 e. The highest BCUT2D eigenvalue weighted by Gasteiger charge is 2.14. The molecule has 0 bridgehead atoms. The van der Waals surface area contributed by atoms with Crippen molar-refractivity contribution >= 4 is 33.4 Å². The molecule has 0 spiro atoms. The minimum atomic E-state index is -0.601. The number of anilines is 1. The van der Waals surface area contributed by atoms with Crippen LogP contribution in [0.3, 0.4) is 0 Å². The van der Waals surface area contributed by atoms with E-state index in [4.69, 9.17) is 10.5 Å². The summed E-state index contributed by atoms with van der Waals surface area (Å²) >= 11 is 3.31. The highest BCUT2D eigenvalue weighted by molar-refractivity contribution is 9.10. The molecule has 0 saturated carbocycles. The van der Waals surface area contributed by atoms with Gasteiger partial charge in [0.15, 0.2) is 0 Å². The van der Waals surface area contributed by atoms with Crippen LogP contribution in [0.5, 0.6) is 5.75 Å². The van der Waals surface area contributed by atoms with Crippen LogP contribution in [0.25, 0.3) is 0 Å². The zero-order chi connectivity index (χ0) is 15.4. The van der Waals surface area contributed by atoms with E-state index in [0.29, 0.717) is 21.5 Å². The van der Waals surface area contributed by atoms with E-state index in [0.717, 1.165) is 0 Å². The average molecular weight is 349 g/mol. The Morgan fingerprint density at radius 2 is 1.86 bits per heavy atom. The lowest BCUT2D eigenvalue weighted by atomic mass is 10.1. The predicted octanol–water partition coefficient (Wildman–Crippen LogP) is 2.81. The third kappa shape index (κ3) is 3.41. The first-order chi connectivity index (χ1) is 10.0. The van der Waals surface area contributed by atoms with Crippen molar-refractivity contribution in [3.05, 3.63) is 58.1 Å². The van der Waals surface area contributed by atoms with Crippen LogP contribution in [0.1, 0.15) is 20.7 Å². The van der Waals surface area contributed by atoms with E-state index in [-0.39, 0.29) is 11.5 Å². The Balaban J connectivity index is 2.33. The van der Waals surface area contributed by atoms with E-state index >= 15 is 0 Å². The fourth-order valence-corrected chi connectivity index (χ4v) is 2.23. The molecule has 0 saturated heterocycles. The summed E-state index contributed by atoms with van der Waals surface area (Å²) in [5, 5.41) is 2.67. The Bertz CT molecular complexity index is 701. The molecule has 108 valence electrons. The van der Waals surface area contributed by atoms with E-state index < -0.39 is 5.91 Å². The van der Waals surface area contributed by atoms with Crippen molar-refractivity contribution in [1.82, 2.24) is 0 Å². The zero-order valence-corrected chi connectivity index (χ0v) is 12.8. The number of carbonyl (C=O) groups is 2. The second-order valence-electron chi connectivity index (χ2n) is 4.21. The molecule has 0 atom stereocenters. The van der Waals surface area contributed by atoms with Crippen molar-refractivity contribution in [3.8, 4) is 5.75 Å². The average Bonchev–Trinajstić information content (AvgIpc) is 2.48. The second kappa shape index (κ2) is 6.41. The summed E-state index contributed by atoms with van der Waals surface area (Å²) in [6, 6.07) is 11.6. The fraction of sp³-hybridized carbons (Fsp3) is 0.0667. The van der Waals surface area contributed by atoms with Crippen molar-refractivity contribution in [1.29, 1.82) is 0 Å². The van der Waals surface area contributed by atoms with Crippen LogP contribution in [0.4, 0.5) is 5.69 Å².